The van der Waals surface area contributed by atoms with Crippen molar-refractivity contribution in [3.05, 3.63) is 40.3 Å². The Hall–Kier alpha value is -2.74. The van der Waals surface area contributed by atoms with Crippen LogP contribution in [-0.4, -0.2) is 47.0 Å². The second-order valence-electron chi connectivity index (χ2n) is 4.50. The molecule has 0 aliphatic heterocycles. The van der Waals surface area contributed by atoms with Gasteiger partial charge < -0.3 is 15.2 Å². The maximum Gasteiger partial charge on any atom is 0.357 e. The molecule has 0 aliphatic carbocycles. The lowest BCUT2D eigenvalue weighted by Gasteiger charge is -2.09. The number of benzene rings is 1. The van der Waals surface area contributed by atoms with Crippen molar-refractivity contribution in [2.45, 2.75) is 6.54 Å². The Morgan fingerprint density at radius 3 is 2.64 bits per heavy atom. The van der Waals surface area contributed by atoms with E-state index >= 15 is 0 Å². The van der Waals surface area contributed by atoms with Gasteiger partial charge in [-0.05, 0) is 6.07 Å². The number of carbonyl (C=O) groups is 2. The Balaban J connectivity index is 2.38. The summed E-state index contributed by atoms with van der Waals surface area (Å²) in [6.07, 6.45) is 0. The van der Waals surface area contributed by atoms with Crippen LogP contribution in [0.2, 0.25) is 0 Å². The largest absolute Gasteiger partial charge is 0.476 e. The van der Waals surface area contributed by atoms with E-state index in [1.807, 2.05) is 0 Å². The van der Waals surface area contributed by atoms with E-state index in [1.165, 1.54) is 19.2 Å². The molecular formula is C14H15N3O5. The van der Waals surface area contributed by atoms with Crippen LogP contribution in [0.5, 0.6) is 0 Å². The number of carboxylic acid groups (broad SMARTS) is 1. The molecule has 1 aromatic carbocycles. The lowest BCUT2D eigenvalue weighted by Crippen LogP contribution is -2.36. The van der Waals surface area contributed by atoms with Crippen molar-refractivity contribution >= 4 is 22.6 Å². The molecule has 0 unspecified atom stereocenters. The summed E-state index contributed by atoms with van der Waals surface area (Å²) in [5, 5.41) is 16.0. The number of methoxy groups -OCH3 is 1. The number of hydrogen-bond donors (Lipinski definition) is 2. The number of rotatable bonds is 6. The van der Waals surface area contributed by atoms with Gasteiger partial charge in [0.2, 0.25) is 5.91 Å². The number of hydrogen-bond acceptors (Lipinski definition) is 5. The maximum absolute atomic E-state index is 12.3. The van der Waals surface area contributed by atoms with Gasteiger partial charge in [-0.15, -0.1) is 0 Å². The summed E-state index contributed by atoms with van der Waals surface area (Å²) in [6.45, 7) is 0.281. The first kappa shape index (κ1) is 15.6. The standard InChI is InChI=1S/C14H15N3O5/c1-22-7-6-15-11(18)8-17-13(19)10-5-3-2-4-9(10)12(16-17)14(20)21/h2-5H,6-8H2,1H3,(H,15,18)(H,20,21). The van der Waals surface area contributed by atoms with Gasteiger partial charge in [0.1, 0.15) is 6.54 Å². The number of carbonyl (C=O) groups excluding carboxylic acids is 1. The van der Waals surface area contributed by atoms with Crippen LogP contribution in [-0.2, 0) is 16.1 Å². The van der Waals surface area contributed by atoms with Gasteiger partial charge in [-0.2, -0.15) is 5.10 Å². The molecule has 1 aromatic heterocycles. The highest BCUT2D eigenvalue weighted by molar-refractivity contribution is 6.01. The van der Waals surface area contributed by atoms with Crippen LogP contribution < -0.4 is 10.9 Å². The molecule has 116 valence electrons. The van der Waals surface area contributed by atoms with Crippen molar-refractivity contribution < 1.29 is 19.4 Å². The lowest BCUT2D eigenvalue weighted by atomic mass is 10.1. The second-order valence-corrected chi connectivity index (χ2v) is 4.50. The van der Waals surface area contributed by atoms with E-state index in [2.05, 4.69) is 10.4 Å². The molecule has 22 heavy (non-hydrogen) atoms. The summed E-state index contributed by atoms with van der Waals surface area (Å²) < 4.78 is 5.65. The number of nitrogens with zero attached hydrogens (tertiary/aromatic N) is 2. The first-order chi connectivity index (χ1) is 10.5. The SMILES string of the molecule is COCCNC(=O)Cn1nc(C(=O)O)c2ccccc2c1=O. The number of ether oxygens (including phenoxy) is 1. The fraction of sp³-hybridized carbons (Fsp3) is 0.286. The predicted octanol–water partition coefficient (Wildman–Crippen LogP) is -0.143. The Bertz CT molecular complexity index is 769. The van der Waals surface area contributed by atoms with Gasteiger partial charge in [-0.25, -0.2) is 9.48 Å². The lowest BCUT2D eigenvalue weighted by molar-refractivity contribution is -0.122. The van der Waals surface area contributed by atoms with Crippen LogP contribution in [0, 0.1) is 0 Å². The molecule has 0 fully saturated rings. The van der Waals surface area contributed by atoms with Crippen LogP contribution in [0.25, 0.3) is 10.8 Å². The normalized spacial score (nSPS) is 10.6. The molecule has 8 nitrogen and oxygen atoms in total. The van der Waals surface area contributed by atoms with Crippen molar-refractivity contribution in [2.75, 3.05) is 20.3 Å². The molecule has 2 aromatic rings. The van der Waals surface area contributed by atoms with E-state index in [4.69, 9.17) is 4.74 Å². The second kappa shape index (κ2) is 6.81. The zero-order valence-corrected chi connectivity index (χ0v) is 11.9. The summed E-state index contributed by atoms with van der Waals surface area (Å²) >= 11 is 0. The van der Waals surface area contributed by atoms with Crippen LogP contribution in [0.4, 0.5) is 0 Å². The topological polar surface area (TPSA) is 111 Å². The van der Waals surface area contributed by atoms with E-state index in [-0.39, 0.29) is 23.0 Å². The number of amides is 1. The summed E-state index contributed by atoms with van der Waals surface area (Å²) in [7, 11) is 1.50. The minimum atomic E-state index is -1.26. The van der Waals surface area contributed by atoms with Crippen molar-refractivity contribution in [2.24, 2.45) is 0 Å². The molecule has 2 N–H and O–H groups in total. The Morgan fingerprint density at radius 1 is 1.32 bits per heavy atom. The third-order valence-electron chi connectivity index (χ3n) is 2.99. The molecule has 1 amide bonds. The molecule has 2 rings (SSSR count). The van der Waals surface area contributed by atoms with E-state index in [0.29, 0.717) is 13.2 Å². The number of carboxylic acids is 1. The zero-order chi connectivity index (χ0) is 16.1. The van der Waals surface area contributed by atoms with Crippen molar-refractivity contribution in [1.29, 1.82) is 0 Å². The quantitative estimate of drug-likeness (QED) is 0.719. The summed E-state index contributed by atoms with van der Waals surface area (Å²) in [5.74, 6) is -1.71. The highest BCUT2D eigenvalue weighted by Crippen LogP contribution is 2.12. The van der Waals surface area contributed by atoms with Crippen LogP contribution in [0.3, 0.4) is 0 Å². The van der Waals surface area contributed by atoms with Crippen LogP contribution >= 0.6 is 0 Å². The van der Waals surface area contributed by atoms with Crippen molar-refractivity contribution in [3.8, 4) is 0 Å². The minimum Gasteiger partial charge on any atom is -0.476 e. The Kier molecular flexibility index (Phi) is 4.84. The number of aromatic carboxylic acids is 1. The Labute approximate surface area is 125 Å². The maximum atomic E-state index is 12.3. The van der Waals surface area contributed by atoms with Gasteiger partial charge in [0, 0.05) is 19.0 Å². The fourth-order valence-electron chi connectivity index (χ4n) is 1.98. The molecule has 0 radical (unpaired) electrons. The monoisotopic (exact) mass is 305 g/mol. The highest BCUT2D eigenvalue weighted by atomic mass is 16.5. The van der Waals surface area contributed by atoms with Gasteiger partial charge >= 0.3 is 5.97 Å². The smallest absolute Gasteiger partial charge is 0.357 e. The van der Waals surface area contributed by atoms with E-state index in [0.717, 1.165) is 4.68 Å². The average Bonchev–Trinajstić information content (AvgIpc) is 2.50. The third-order valence-corrected chi connectivity index (χ3v) is 2.99. The number of fused-ring (bicyclic) bond motifs is 1. The van der Waals surface area contributed by atoms with Gasteiger partial charge in [-0.1, -0.05) is 18.2 Å². The van der Waals surface area contributed by atoms with E-state index < -0.39 is 17.4 Å². The average molecular weight is 305 g/mol. The van der Waals surface area contributed by atoms with Crippen LogP contribution in [0.15, 0.2) is 29.1 Å². The third kappa shape index (κ3) is 3.29. The molecule has 0 spiro atoms. The molecule has 8 heteroatoms. The summed E-state index contributed by atoms with van der Waals surface area (Å²) in [6, 6.07) is 6.26. The van der Waals surface area contributed by atoms with Gasteiger partial charge in [-0.3, -0.25) is 9.59 Å². The van der Waals surface area contributed by atoms with Crippen molar-refractivity contribution in [1.82, 2.24) is 15.1 Å². The molecule has 0 bridgehead atoms. The zero-order valence-electron chi connectivity index (χ0n) is 11.9. The highest BCUT2D eigenvalue weighted by Gasteiger charge is 2.16. The summed E-state index contributed by atoms with van der Waals surface area (Å²) in [5.41, 5.74) is -0.776. The molecule has 0 aliphatic rings. The van der Waals surface area contributed by atoms with Gasteiger partial charge in [0.25, 0.3) is 5.56 Å². The molecular weight excluding hydrogens is 290 g/mol. The van der Waals surface area contributed by atoms with E-state index in [9.17, 15) is 19.5 Å². The van der Waals surface area contributed by atoms with Gasteiger partial charge in [0.15, 0.2) is 5.69 Å². The van der Waals surface area contributed by atoms with E-state index in [1.54, 1.807) is 12.1 Å². The number of aromatic nitrogens is 2. The first-order valence-electron chi connectivity index (χ1n) is 6.53. The molecule has 0 atom stereocenters. The molecule has 0 saturated carbocycles. The Morgan fingerprint density at radius 2 is 2.00 bits per heavy atom. The molecule has 1 heterocycles. The van der Waals surface area contributed by atoms with Crippen LogP contribution in [0.1, 0.15) is 10.5 Å². The fourth-order valence-corrected chi connectivity index (χ4v) is 1.98. The van der Waals surface area contributed by atoms with Gasteiger partial charge in [0.05, 0.1) is 12.0 Å². The molecule has 0 saturated heterocycles. The minimum absolute atomic E-state index is 0.208. The first-order valence-corrected chi connectivity index (χ1v) is 6.53. The summed E-state index contributed by atoms with van der Waals surface area (Å²) in [4.78, 5) is 35.3. The predicted molar refractivity (Wildman–Crippen MR) is 77.8 cm³/mol. The van der Waals surface area contributed by atoms with Crippen molar-refractivity contribution in [3.63, 3.8) is 0 Å². The number of nitrogens with one attached hydrogen (secondary N) is 1.